The molecular formula is C54H101N9O18S2. The molecule has 1 rings (SSSR count). The summed E-state index contributed by atoms with van der Waals surface area (Å²) in [7, 11) is 0. The maximum absolute atomic E-state index is 12.2. The van der Waals surface area contributed by atoms with Gasteiger partial charge < -0.3 is 88.3 Å². The normalized spacial score (nSPS) is 12.3. The Kier molecular flexibility index (Phi) is 47.6. The number of nitrogens with one attached hydrogen (secondary N) is 5. The zero-order chi connectivity index (χ0) is 61.1. The van der Waals surface area contributed by atoms with E-state index in [0.717, 1.165) is 18.7 Å². The second-order valence-electron chi connectivity index (χ2n) is 20.8. The molecule has 0 spiro atoms. The highest BCUT2D eigenvalue weighted by molar-refractivity contribution is 8.02. The summed E-state index contributed by atoms with van der Waals surface area (Å²) in [6.45, 7) is 29.0. The number of nitrogens with zero attached hydrogens (tertiary/aromatic N) is 4. The van der Waals surface area contributed by atoms with Crippen molar-refractivity contribution in [3.63, 3.8) is 0 Å². The maximum atomic E-state index is 12.2. The minimum Gasteiger partial charge on any atom is -0.443 e. The summed E-state index contributed by atoms with van der Waals surface area (Å²) in [5.74, 6) is -0.443. The summed E-state index contributed by atoms with van der Waals surface area (Å²) in [5, 5.41) is 24.8. The molecule has 5 N–H and O–H groups in total. The molecule has 0 aromatic carbocycles. The summed E-state index contributed by atoms with van der Waals surface area (Å²) < 4.78 is 67.5. The SMILES string of the molecule is CC(C)C(C)SC/C(CSC(C)(C)C)=N\OCC(=O)NCC(=O)NCC(=O)NCC(=O)NCCNC(=O)OCc1cn(CCOCCOCCOCCOCCOCCOCCOCCOCCOCCOCCOCCC(C)(C)C)nn1. The van der Waals surface area contributed by atoms with E-state index >= 15 is 0 Å². The third-order valence-electron chi connectivity index (χ3n) is 10.7. The molecule has 0 aliphatic carbocycles. The molecule has 0 bridgehead atoms. The van der Waals surface area contributed by atoms with Crippen molar-refractivity contribution in [2.45, 2.75) is 91.9 Å². The number of ether oxygens (including phenoxy) is 12. The summed E-state index contributed by atoms with van der Waals surface area (Å²) in [6, 6.07) is 0. The van der Waals surface area contributed by atoms with Gasteiger partial charge in [-0.25, -0.2) is 9.48 Å². The van der Waals surface area contributed by atoms with Crippen LogP contribution in [0.2, 0.25) is 0 Å². The first-order valence-electron chi connectivity index (χ1n) is 28.5. The molecule has 1 aromatic heterocycles. The average Bonchev–Trinajstić information content (AvgIpc) is 3.92. The molecule has 482 valence electrons. The van der Waals surface area contributed by atoms with Crippen LogP contribution in [-0.4, -0.2) is 257 Å². The Hall–Kier alpha value is -3.98. The van der Waals surface area contributed by atoms with Gasteiger partial charge in [-0.2, -0.15) is 11.8 Å². The number of amides is 5. The van der Waals surface area contributed by atoms with E-state index in [0.29, 0.717) is 174 Å². The highest BCUT2D eigenvalue weighted by Gasteiger charge is 2.17. The zero-order valence-corrected chi connectivity index (χ0v) is 52.7. The lowest BCUT2D eigenvalue weighted by Crippen LogP contribution is -2.45. The van der Waals surface area contributed by atoms with Crippen molar-refractivity contribution in [1.29, 1.82) is 0 Å². The number of hydrogen-bond donors (Lipinski definition) is 5. The van der Waals surface area contributed by atoms with Gasteiger partial charge in [0, 0.05) is 41.2 Å². The van der Waals surface area contributed by atoms with Crippen molar-refractivity contribution < 1.29 is 85.7 Å². The Bertz CT molecular complexity index is 1850. The smallest absolute Gasteiger partial charge is 0.407 e. The quantitative estimate of drug-likeness (QED) is 0.0355. The molecule has 0 saturated carbocycles. The lowest BCUT2D eigenvalue weighted by atomic mass is 9.93. The van der Waals surface area contributed by atoms with Gasteiger partial charge in [-0.3, -0.25) is 19.2 Å². The summed E-state index contributed by atoms with van der Waals surface area (Å²) in [4.78, 5) is 66.1. The molecule has 29 heteroatoms. The van der Waals surface area contributed by atoms with Gasteiger partial charge in [0.25, 0.3) is 5.91 Å². The van der Waals surface area contributed by atoms with E-state index in [1.54, 1.807) is 34.4 Å². The molecule has 0 fully saturated rings. The summed E-state index contributed by atoms with van der Waals surface area (Å²) in [6.07, 6.45) is 1.93. The first-order valence-corrected chi connectivity index (χ1v) is 30.5. The Labute approximate surface area is 500 Å². The number of rotatable bonds is 55. The standard InChI is InChI=1S/C54H101N9O18S2/c1-44(2)45(3)82-42-47(43-83-54(7,8)9)61-81-41-51(67)59-38-50(66)58-37-49(65)57-36-48(64)55-11-12-56-52(68)80-40-46-39-63(62-60-46)13-15-70-17-19-72-21-23-74-25-27-76-29-31-78-33-35-79-34-32-77-30-28-75-26-24-73-22-20-71-18-16-69-14-10-53(4,5)6/h39,44-45H,10-38,40-43H2,1-9H3,(H,55,64)(H,56,68)(H,57,65)(H,58,66)(H,59,67)/b61-47+. The lowest BCUT2D eigenvalue weighted by Gasteiger charge is -2.19. The first kappa shape index (κ1) is 77.0. The Morgan fingerprint density at radius 2 is 0.928 bits per heavy atom. The number of aromatic nitrogens is 3. The van der Waals surface area contributed by atoms with E-state index < -0.39 is 36.3 Å². The van der Waals surface area contributed by atoms with Crippen LogP contribution in [0.1, 0.15) is 74.4 Å². The van der Waals surface area contributed by atoms with E-state index in [-0.39, 0.29) is 49.6 Å². The number of alkyl carbamates (subject to hydrolysis) is 1. The predicted molar refractivity (Wildman–Crippen MR) is 316 cm³/mol. The minimum absolute atomic E-state index is 0.0380. The second kappa shape index (κ2) is 51.3. The van der Waals surface area contributed by atoms with Crippen molar-refractivity contribution in [1.82, 2.24) is 41.6 Å². The van der Waals surface area contributed by atoms with Crippen molar-refractivity contribution in [3.05, 3.63) is 11.9 Å². The van der Waals surface area contributed by atoms with E-state index in [9.17, 15) is 24.0 Å². The van der Waals surface area contributed by atoms with Gasteiger partial charge in [0.05, 0.1) is 177 Å². The fourth-order valence-electron chi connectivity index (χ4n) is 5.68. The first-order chi connectivity index (χ1) is 39.8. The number of thioether (sulfide) groups is 2. The van der Waals surface area contributed by atoms with Gasteiger partial charge in [0.1, 0.15) is 12.3 Å². The maximum Gasteiger partial charge on any atom is 0.407 e. The van der Waals surface area contributed by atoms with Gasteiger partial charge in [0.15, 0.2) is 6.61 Å². The molecule has 1 atom stereocenters. The molecular weight excluding hydrogens is 1130 g/mol. The van der Waals surface area contributed by atoms with Crippen molar-refractivity contribution in [3.8, 4) is 0 Å². The molecule has 1 aromatic rings. The van der Waals surface area contributed by atoms with Crippen LogP contribution in [0.3, 0.4) is 0 Å². The average molecular weight is 1230 g/mol. The van der Waals surface area contributed by atoms with E-state index in [2.05, 4.69) is 104 Å². The molecule has 0 saturated heterocycles. The van der Waals surface area contributed by atoms with Gasteiger partial charge in [-0.05, 0) is 17.8 Å². The van der Waals surface area contributed by atoms with Crippen LogP contribution in [0, 0.1) is 11.3 Å². The molecule has 0 aliphatic heterocycles. The predicted octanol–water partition coefficient (Wildman–Crippen LogP) is 2.27. The molecule has 0 aliphatic rings. The van der Waals surface area contributed by atoms with E-state index in [1.165, 1.54) is 0 Å². The van der Waals surface area contributed by atoms with Crippen molar-refractivity contribution >= 4 is 59.0 Å². The number of oxime groups is 1. The largest absolute Gasteiger partial charge is 0.443 e. The van der Waals surface area contributed by atoms with E-state index in [4.69, 9.17) is 61.7 Å². The number of carbonyl (C=O) groups is 5. The lowest BCUT2D eigenvalue weighted by molar-refractivity contribution is -0.130. The second-order valence-corrected chi connectivity index (χ2v) is 24.0. The molecule has 27 nitrogen and oxygen atoms in total. The van der Waals surface area contributed by atoms with Crippen LogP contribution >= 0.6 is 23.5 Å². The Morgan fingerprint density at radius 3 is 1.35 bits per heavy atom. The van der Waals surface area contributed by atoms with Crippen LogP contribution in [0.5, 0.6) is 0 Å². The third kappa shape index (κ3) is 53.2. The molecule has 83 heavy (non-hydrogen) atoms. The highest BCUT2D eigenvalue weighted by atomic mass is 32.2. The van der Waals surface area contributed by atoms with Crippen LogP contribution in [-0.2, 0) is 94.0 Å². The number of carbonyl (C=O) groups excluding carboxylic acids is 5. The fraction of sp³-hybridized carbons (Fsp3) is 0.852. The van der Waals surface area contributed by atoms with Crippen molar-refractivity contribution in [2.75, 3.05) is 196 Å². The van der Waals surface area contributed by atoms with Crippen LogP contribution in [0.15, 0.2) is 11.4 Å². The highest BCUT2D eigenvalue weighted by Crippen LogP contribution is 2.25. The van der Waals surface area contributed by atoms with Crippen LogP contribution in [0.25, 0.3) is 0 Å². The van der Waals surface area contributed by atoms with Gasteiger partial charge in [0.2, 0.25) is 17.7 Å². The zero-order valence-electron chi connectivity index (χ0n) is 51.0. The third-order valence-corrected chi connectivity index (χ3v) is 13.6. The Morgan fingerprint density at radius 1 is 0.530 bits per heavy atom. The molecule has 1 heterocycles. The summed E-state index contributed by atoms with van der Waals surface area (Å²) >= 11 is 3.51. The van der Waals surface area contributed by atoms with Gasteiger partial charge >= 0.3 is 6.09 Å². The van der Waals surface area contributed by atoms with Gasteiger partial charge in [-0.15, -0.1) is 16.9 Å². The molecule has 0 radical (unpaired) electrons. The summed E-state index contributed by atoms with van der Waals surface area (Å²) in [5.41, 5.74) is 1.54. The van der Waals surface area contributed by atoms with Crippen LogP contribution in [0.4, 0.5) is 4.79 Å². The van der Waals surface area contributed by atoms with Crippen LogP contribution < -0.4 is 26.6 Å². The Balaban J connectivity index is 1.90. The fourth-order valence-corrected chi connectivity index (χ4v) is 7.56. The van der Waals surface area contributed by atoms with Crippen molar-refractivity contribution in [2.24, 2.45) is 16.5 Å². The van der Waals surface area contributed by atoms with E-state index in [1.807, 2.05) is 0 Å². The van der Waals surface area contributed by atoms with Gasteiger partial charge in [-0.1, -0.05) is 72.7 Å². The number of hydrogen-bond acceptors (Lipinski definition) is 23. The minimum atomic E-state index is -0.726. The topological polar surface area (TPSA) is 309 Å². The monoisotopic (exact) mass is 1230 g/mol. The molecule has 1 unspecified atom stereocenters. The molecule has 5 amide bonds.